The van der Waals surface area contributed by atoms with Crippen LogP contribution >= 0.6 is 0 Å². The third-order valence-electron chi connectivity index (χ3n) is 15.7. The second kappa shape index (κ2) is 55.7. The summed E-state index contributed by atoms with van der Waals surface area (Å²) in [6, 6.07) is 15.6. The molecule has 0 aliphatic rings. The maximum atomic E-state index is 5.48. The Morgan fingerprint density at radius 1 is 0.329 bits per heavy atom. The summed E-state index contributed by atoms with van der Waals surface area (Å²) in [5.41, 5.74) is 8.17. The van der Waals surface area contributed by atoms with Crippen molar-refractivity contribution in [3.05, 3.63) is 59.2 Å². The van der Waals surface area contributed by atoms with Crippen molar-refractivity contribution < 1.29 is 16.5 Å². The van der Waals surface area contributed by atoms with E-state index in [0.717, 1.165) is 93.4 Å². The number of rotatable bonds is 51. The third-order valence-corrected chi connectivity index (χ3v) is 15.7. The number of benzene rings is 2. The monoisotopic (exact) mass is 1080 g/mol. The van der Waals surface area contributed by atoms with Gasteiger partial charge in [0, 0.05) is 35.8 Å². The van der Waals surface area contributed by atoms with Gasteiger partial charge in [-0.2, -0.15) is 0 Å². The first kappa shape index (κ1) is 71.4. The summed E-state index contributed by atoms with van der Waals surface area (Å²) in [6.07, 6.45) is 66.2. The smallest absolute Gasteiger partial charge is 0.135 e. The molecule has 0 saturated carbocycles. The molecule has 2 nitrogen and oxygen atoms in total. The summed E-state index contributed by atoms with van der Waals surface area (Å²) in [6.45, 7) is 11.5. The molecule has 434 valence electrons. The molecule has 0 fully saturated rings. The first-order valence-corrected chi connectivity index (χ1v) is 33.5. The van der Waals surface area contributed by atoms with Gasteiger partial charge in [-0.25, -0.2) is 4.99 Å². The van der Waals surface area contributed by atoms with Crippen LogP contribution in [0.25, 0.3) is 0 Å². The Morgan fingerprint density at radius 2 is 0.711 bits per heavy atom. The molecule has 0 aliphatic carbocycles. The first-order chi connectivity index (χ1) is 37.2. The van der Waals surface area contributed by atoms with Crippen LogP contribution in [0.1, 0.15) is 353 Å². The van der Waals surface area contributed by atoms with Crippen LogP contribution in [0.5, 0.6) is 0 Å². The van der Waals surface area contributed by atoms with E-state index in [1.807, 2.05) is 0 Å². The molecule has 0 saturated heterocycles. The number of aryl methyl sites for hydroxylation is 3. The van der Waals surface area contributed by atoms with Crippen LogP contribution in [-0.2, 0) is 35.8 Å². The summed E-state index contributed by atoms with van der Waals surface area (Å²) >= 11 is 0. The average Bonchev–Trinajstić information content (AvgIpc) is 3.42. The summed E-state index contributed by atoms with van der Waals surface area (Å²) in [4.78, 5) is 10.9. The van der Waals surface area contributed by atoms with Crippen LogP contribution in [0.2, 0.25) is 0 Å². The predicted molar refractivity (Wildman–Crippen MR) is 339 cm³/mol. The van der Waals surface area contributed by atoms with Crippen LogP contribution in [0.4, 0.5) is 11.4 Å². The molecule has 0 N–H and O–H groups in total. The summed E-state index contributed by atoms with van der Waals surface area (Å²) < 4.78 is 0. The summed E-state index contributed by atoms with van der Waals surface area (Å²) in [7, 11) is 0. The molecule has 2 aromatic carbocycles. The molecule has 0 heterocycles. The van der Waals surface area contributed by atoms with E-state index in [1.54, 1.807) is 0 Å². The minimum atomic E-state index is 0. The number of para-hydroxylation sites is 1. The normalized spacial score (nSPS) is 11.6. The number of unbranched alkanes of at least 4 members (excludes halogenated alkanes) is 40. The fourth-order valence-corrected chi connectivity index (χ4v) is 10.8. The van der Waals surface area contributed by atoms with Crippen molar-refractivity contribution in [2.75, 3.05) is 0 Å². The maximum absolute atomic E-state index is 5.48. The Bertz CT molecular complexity index is 1780. The fraction of sp³-hybridized carbons (Fsp3) is 0.753. The zero-order valence-electron chi connectivity index (χ0n) is 51.1. The van der Waals surface area contributed by atoms with E-state index in [-0.39, 0.29) is 16.5 Å². The van der Waals surface area contributed by atoms with Crippen LogP contribution in [0.15, 0.2) is 52.4 Å². The van der Waals surface area contributed by atoms with Crippen LogP contribution in [0.3, 0.4) is 0 Å². The standard InChI is InChI=1S/C73H122N2.Ni/c1-6-11-14-16-18-20-22-24-26-28-30-32-34-36-38-40-42-44-46-48-50-53-59-68-60-55-56-61-71(68)75-73(62-52-13-8-3)72(74-70-65-64-67(57-9-4)69(66-70)58-10-5)63-54-51-49-47-45-43-41-39-37-35-33-31-29-27-25-23-21-19-17-15-12-7-2;/h55-56,60-61,64-66H,6-47,49,51-53,57-59,62H2,1-5H3;. The fourth-order valence-electron chi connectivity index (χ4n) is 10.8. The zero-order valence-corrected chi connectivity index (χ0v) is 52.1. The SMILES string of the molecule is CCCCCCCCCCCCCCCCCCCCC#CCCc1ccccc1N=C(CCCCC)C(C#CCCCCCCCCCCCCCCCCCCCCCC)=Nc1ccc(CCC)c(CCC)c1.[Ni]. The topological polar surface area (TPSA) is 24.7 Å². The largest absolute Gasteiger partial charge is 0.250 e. The van der Waals surface area contributed by atoms with Crippen molar-refractivity contribution in [2.45, 2.75) is 356 Å². The van der Waals surface area contributed by atoms with Gasteiger partial charge in [0.15, 0.2) is 0 Å². The number of nitrogens with zero attached hydrogens (tertiary/aromatic N) is 2. The van der Waals surface area contributed by atoms with Gasteiger partial charge >= 0.3 is 0 Å². The molecular formula is C73H122N2Ni. The molecular weight excluding hydrogens is 964 g/mol. The van der Waals surface area contributed by atoms with Crippen molar-refractivity contribution in [1.82, 2.24) is 0 Å². The van der Waals surface area contributed by atoms with E-state index in [0.29, 0.717) is 0 Å². The molecule has 0 amide bonds. The van der Waals surface area contributed by atoms with E-state index in [2.05, 4.69) is 101 Å². The van der Waals surface area contributed by atoms with Crippen LogP contribution in [-0.4, -0.2) is 11.4 Å². The Morgan fingerprint density at radius 3 is 1.16 bits per heavy atom. The number of hydrogen-bond donors (Lipinski definition) is 0. The van der Waals surface area contributed by atoms with Gasteiger partial charge in [0.25, 0.3) is 0 Å². The van der Waals surface area contributed by atoms with Gasteiger partial charge in [0.2, 0.25) is 0 Å². The van der Waals surface area contributed by atoms with E-state index in [4.69, 9.17) is 9.98 Å². The van der Waals surface area contributed by atoms with Gasteiger partial charge < -0.3 is 0 Å². The second-order valence-corrected chi connectivity index (χ2v) is 22.9. The van der Waals surface area contributed by atoms with Gasteiger partial charge in [-0.3, -0.25) is 4.99 Å². The van der Waals surface area contributed by atoms with Gasteiger partial charge in [-0.15, -0.1) is 11.8 Å². The minimum Gasteiger partial charge on any atom is -0.250 e. The van der Waals surface area contributed by atoms with E-state index in [9.17, 15) is 0 Å². The molecule has 0 aliphatic heterocycles. The van der Waals surface area contributed by atoms with Crippen LogP contribution in [0, 0.1) is 23.7 Å². The molecule has 0 aromatic heterocycles. The average molecular weight is 1090 g/mol. The van der Waals surface area contributed by atoms with E-state index < -0.39 is 0 Å². The van der Waals surface area contributed by atoms with E-state index in [1.165, 1.54) is 267 Å². The first-order valence-electron chi connectivity index (χ1n) is 33.5. The Hall–Kier alpha value is -2.61. The van der Waals surface area contributed by atoms with Gasteiger partial charge in [-0.1, -0.05) is 322 Å². The molecule has 0 spiro atoms. The van der Waals surface area contributed by atoms with Gasteiger partial charge in [0.05, 0.1) is 17.1 Å². The quantitative estimate of drug-likeness (QED) is 0.0273. The van der Waals surface area contributed by atoms with Crippen molar-refractivity contribution in [2.24, 2.45) is 9.98 Å². The molecule has 0 unspecified atom stereocenters. The molecule has 0 radical (unpaired) electrons. The minimum absolute atomic E-state index is 0. The molecule has 2 rings (SSSR count). The molecule has 0 bridgehead atoms. The van der Waals surface area contributed by atoms with Crippen molar-refractivity contribution >= 4 is 22.8 Å². The number of aliphatic imine (C=N–C) groups is 2. The van der Waals surface area contributed by atoms with Gasteiger partial charge in [-0.05, 0) is 85.8 Å². The van der Waals surface area contributed by atoms with Crippen molar-refractivity contribution in [1.29, 1.82) is 0 Å². The van der Waals surface area contributed by atoms with E-state index >= 15 is 0 Å². The Balaban J connectivity index is 0.0000289. The zero-order chi connectivity index (χ0) is 53.6. The van der Waals surface area contributed by atoms with Crippen molar-refractivity contribution in [3.63, 3.8) is 0 Å². The molecule has 3 heteroatoms. The Kier molecular flexibility index (Phi) is 52.3. The van der Waals surface area contributed by atoms with Crippen molar-refractivity contribution in [3.8, 4) is 23.7 Å². The molecule has 0 atom stereocenters. The molecule has 76 heavy (non-hydrogen) atoms. The number of hydrogen-bond acceptors (Lipinski definition) is 2. The maximum Gasteiger partial charge on any atom is 0.135 e. The predicted octanol–water partition coefficient (Wildman–Crippen LogP) is 24.6. The third kappa shape index (κ3) is 41.4. The second-order valence-electron chi connectivity index (χ2n) is 22.9. The Labute approximate surface area is 485 Å². The van der Waals surface area contributed by atoms with Gasteiger partial charge in [0.1, 0.15) is 5.71 Å². The summed E-state index contributed by atoms with van der Waals surface area (Å²) in [5, 5.41) is 0. The van der Waals surface area contributed by atoms with Crippen LogP contribution < -0.4 is 0 Å². The summed E-state index contributed by atoms with van der Waals surface area (Å²) in [5.74, 6) is 14.3. The molecule has 2 aromatic rings.